The quantitative estimate of drug-likeness (QED) is 0.149. The molecule has 0 aliphatic heterocycles. The minimum Gasteiger partial charge on any atom is -0.502 e. The van der Waals surface area contributed by atoms with Crippen molar-refractivity contribution < 1.29 is 23.8 Å². The van der Waals surface area contributed by atoms with E-state index in [1.54, 1.807) is 12.1 Å². The Bertz CT molecular complexity index is 1550. The average Bonchev–Trinajstić information content (AvgIpc) is 3.00. The molecule has 42 heavy (non-hydrogen) atoms. The Hall–Kier alpha value is -5.09. The molecule has 7 nitrogen and oxygen atoms in total. The smallest absolute Gasteiger partial charge is 0.329 e. The Morgan fingerprint density at radius 2 is 1.45 bits per heavy atom. The number of ether oxygens (including phenoxy) is 3. The molecule has 214 valence electrons. The number of rotatable bonds is 12. The summed E-state index contributed by atoms with van der Waals surface area (Å²) < 4.78 is 17.3. The fourth-order valence-corrected chi connectivity index (χ4v) is 4.34. The second kappa shape index (κ2) is 14.5. The van der Waals surface area contributed by atoms with Gasteiger partial charge < -0.3 is 19.5 Å². The van der Waals surface area contributed by atoms with Crippen molar-refractivity contribution in [1.82, 2.24) is 5.32 Å². The van der Waals surface area contributed by atoms with Gasteiger partial charge in [0, 0.05) is 12.0 Å². The van der Waals surface area contributed by atoms with Gasteiger partial charge in [0.1, 0.15) is 30.8 Å². The summed E-state index contributed by atoms with van der Waals surface area (Å²) in [5.74, 6) is 0.0993. The zero-order chi connectivity index (χ0) is 29.9. The van der Waals surface area contributed by atoms with Crippen LogP contribution < -0.4 is 14.8 Å². The maximum atomic E-state index is 13.3. The summed E-state index contributed by atoms with van der Waals surface area (Å²) in [5.41, 5.74) is 4.13. The molecule has 0 fully saturated rings. The molecule has 4 rings (SSSR count). The first-order chi connectivity index (χ1) is 20.3. The molecule has 0 spiro atoms. The molecule has 1 amide bonds. The van der Waals surface area contributed by atoms with Gasteiger partial charge >= 0.3 is 5.97 Å². The van der Waals surface area contributed by atoms with E-state index in [-0.39, 0.29) is 30.4 Å². The number of benzene rings is 4. The maximum absolute atomic E-state index is 13.3. The fraction of sp³-hybridized carbons (Fsp3) is 0.229. The molecule has 1 atom stereocenters. The lowest BCUT2D eigenvalue weighted by Gasteiger charge is -2.19. The largest absolute Gasteiger partial charge is 0.502 e. The van der Waals surface area contributed by atoms with Crippen LogP contribution in [0.25, 0.3) is 4.85 Å². The Morgan fingerprint density at radius 3 is 2.07 bits per heavy atom. The van der Waals surface area contributed by atoms with Crippen molar-refractivity contribution in [3.05, 3.63) is 136 Å². The molecule has 0 aliphatic carbocycles. The molecule has 0 saturated carbocycles. The van der Waals surface area contributed by atoms with Gasteiger partial charge in [-0.15, -0.1) is 0 Å². The van der Waals surface area contributed by atoms with Crippen LogP contribution in [-0.4, -0.2) is 24.0 Å². The van der Waals surface area contributed by atoms with Crippen molar-refractivity contribution >= 4 is 17.6 Å². The molecular weight excluding hydrogens is 528 g/mol. The molecule has 0 heterocycles. The van der Waals surface area contributed by atoms with Crippen molar-refractivity contribution in [1.29, 1.82) is 0 Å². The lowest BCUT2D eigenvalue weighted by atomic mass is 10.0. The van der Waals surface area contributed by atoms with Gasteiger partial charge in [-0.05, 0) is 67.3 Å². The van der Waals surface area contributed by atoms with Crippen LogP contribution in [0, 0.1) is 13.5 Å². The number of aryl methyl sites for hydroxylation is 1. The number of hydrogen-bond donors (Lipinski definition) is 1. The number of hydrogen-bond acceptors (Lipinski definition) is 5. The minimum atomic E-state index is -0.959. The number of nitrogens with one attached hydrogen (secondary N) is 1. The van der Waals surface area contributed by atoms with Crippen LogP contribution in [0.4, 0.5) is 5.69 Å². The second-order valence-corrected chi connectivity index (χ2v) is 10.2. The molecule has 0 bridgehead atoms. The van der Waals surface area contributed by atoms with Crippen LogP contribution >= 0.6 is 0 Å². The van der Waals surface area contributed by atoms with Crippen LogP contribution in [-0.2, 0) is 29.2 Å². The summed E-state index contributed by atoms with van der Waals surface area (Å²) in [5, 5.41) is 2.82. The first-order valence-corrected chi connectivity index (χ1v) is 13.8. The molecule has 7 heteroatoms. The zero-order valence-corrected chi connectivity index (χ0v) is 24.0. The van der Waals surface area contributed by atoms with Gasteiger partial charge in [0.2, 0.25) is 5.69 Å². The maximum Gasteiger partial charge on any atom is 0.329 e. The molecule has 1 unspecified atom stereocenters. The Morgan fingerprint density at radius 1 is 0.810 bits per heavy atom. The van der Waals surface area contributed by atoms with Gasteiger partial charge in [-0.2, -0.15) is 0 Å². The minimum absolute atomic E-state index is 0.0838. The van der Waals surface area contributed by atoms with E-state index in [0.29, 0.717) is 12.4 Å². The summed E-state index contributed by atoms with van der Waals surface area (Å²) in [7, 11) is 0. The fourth-order valence-electron chi connectivity index (χ4n) is 4.34. The predicted octanol–water partition coefficient (Wildman–Crippen LogP) is 7.00. The van der Waals surface area contributed by atoms with Crippen LogP contribution in [0.15, 0.2) is 97.1 Å². The van der Waals surface area contributed by atoms with Crippen LogP contribution in [0.1, 0.15) is 46.5 Å². The lowest BCUT2D eigenvalue weighted by molar-refractivity contribution is -0.147. The van der Waals surface area contributed by atoms with E-state index in [1.807, 2.05) is 99.6 Å². The Kier molecular flexibility index (Phi) is 10.3. The predicted molar refractivity (Wildman–Crippen MR) is 162 cm³/mol. The highest BCUT2D eigenvalue weighted by molar-refractivity contribution is 5.98. The van der Waals surface area contributed by atoms with E-state index in [2.05, 4.69) is 10.2 Å². The number of carbonyl (C=O) groups excluding carboxylic acids is 2. The van der Waals surface area contributed by atoms with E-state index in [9.17, 15) is 9.59 Å². The molecular formula is C35H34N2O5. The van der Waals surface area contributed by atoms with Gasteiger partial charge in [-0.1, -0.05) is 72.8 Å². The van der Waals surface area contributed by atoms with Crippen molar-refractivity contribution in [2.75, 3.05) is 0 Å². The summed E-state index contributed by atoms with van der Waals surface area (Å²) in [6.07, 6.45) is 0.0937. The zero-order valence-electron chi connectivity index (χ0n) is 24.0. The molecule has 1 N–H and O–H groups in total. The lowest BCUT2D eigenvalue weighted by Crippen LogP contribution is -2.43. The standard InChI is InChI=1S/C35H34N2O5/c1-24(2)42-33-18-16-29(21-30(33)36-4)34(38)37-31(35(39)41-23-27-13-9-6-10-14-27)20-28-15-17-32(25(3)19-28)40-22-26-11-7-5-8-12-26/h5-19,21,24,31H,20,22-23H2,1-3H3,(H,37,38). The third kappa shape index (κ3) is 8.45. The van der Waals surface area contributed by atoms with Crippen LogP contribution in [0.2, 0.25) is 0 Å². The normalized spacial score (nSPS) is 11.3. The molecule has 0 saturated heterocycles. The van der Waals surface area contributed by atoms with Gasteiger partial charge in [-0.25, -0.2) is 9.64 Å². The summed E-state index contributed by atoms with van der Waals surface area (Å²) in [6.45, 7) is 13.7. The first-order valence-electron chi connectivity index (χ1n) is 13.8. The highest BCUT2D eigenvalue weighted by Gasteiger charge is 2.24. The van der Waals surface area contributed by atoms with Crippen LogP contribution in [0.5, 0.6) is 11.5 Å². The molecule has 0 aromatic heterocycles. The van der Waals surface area contributed by atoms with E-state index in [0.717, 1.165) is 28.0 Å². The third-order valence-corrected chi connectivity index (χ3v) is 6.43. The molecule has 4 aromatic rings. The van der Waals surface area contributed by atoms with Gasteiger partial charge in [0.25, 0.3) is 5.91 Å². The average molecular weight is 563 g/mol. The number of nitrogens with zero attached hydrogens (tertiary/aromatic N) is 1. The first kappa shape index (κ1) is 29.9. The SMILES string of the molecule is [C-]#[N+]c1cc(C(=O)NC(Cc2ccc(OCc3ccccc3)c(C)c2)C(=O)OCc2ccccc2)ccc1OC(C)C. The van der Waals surface area contributed by atoms with Crippen molar-refractivity contribution in [3.8, 4) is 11.5 Å². The number of esters is 1. The molecule has 0 radical (unpaired) electrons. The summed E-state index contributed by atoms with van der Waals surface area (Å²) in [6, 6.07) is 28.7. The van der Waals surface area contributed by atoms with Crippen molar-refractivity contribution in [2.45, 2.75) is 52.6 Å². The molecule has 0 aliphatic rings. The summed E-state index contributed by atoms with van der Waals surface area (Å²) in [4.78, 5) is 30.1. The number of amides is 1. The van der Waals surface area contributed by atoms with E-state index >= 15 is 0 Å². The van der Waals surface area contributed by atoms with Crippen molar-refractivity contribution in [2.24, 2.45) is 0 Å². The second-order valence-electron chi connectivity index (χ2n) is 10.2. The van der Waals surface area contributed by atoms with Gasteiger partial charge in [0.05, 0.1) is 12.7 Å². The van der Waals surface area contributed by atoms with Crippen LogP contribution in [0.3, 0.4) is 0 Å². The van der Waals surface area contributed by atoms with E-state index < -0.39 is 17.9 Å². The summed E-state index contributed by atoms with van der Waals surface area (Å²) >= 11 is 0. The Labute approximate surface area is 246 Å². The van der Waals surface area contributed by atoms with E-state index in [1.165, 1.54) is 6.07 Å². The third-order valence-electron chi connectivity index (χ3n) is 6.43. The Balaban J connectivity index is 1.50. The highest BCUT2D eigenvalue weighted by Crippen LogP contribution is 2.30. The van der Waals surface area contributed by atoms with Gasteiger partial charge in [-0.3, -0.25) is 4.79 Å². The highest BCUT2D eigenvalue weighted by atomic mass is 16.5. The van der Waals surface area contributed by atoms with E-state index in [4.69, 9.17) is 20.8 Å². The molecule has 4 aromatic carbocycles. The van der Waals surface area contributed by atoms with Gasteiger partial charge in [0.15, 0.2) is 0 Å². The topological polar surface area (TPSA) is 78.2 Å². The number of carbonyl (C=O) groups is 2. The van der Waals surface area contributed by atoms with Crippen molar-refractivity contribution in [3.63, 3.8) is 0 Å². The monoisotopic (exact) mass is 562 g/mol.